The predicted molar refractivity (Wildman–Crippen MR) is 107 cm³/mol. The molecule has 27 heavy (non-hydrogen) atoms. The molecular formula is C21H24N4O2. The lowest BCUT2D eigenvalue weighted by Gasteiger charge is -2.25. The quantitative estimate of drug-likeness (QED) is 0.730. The highest BCUT2D eigenvalue weighted by molar-refractivity contribution is 6.04. The highest BCUT2D eigenvalue weighted by Crippen LogP contribution is 2.18. The molecule has 3 aromatic rings. The molecule has 0 spiro atoms. The van der Waals surface area contributed by atoms with Crippen LogP contribution in [0.4, 0.5) is 0 Å². The second kappa shape index (κ2) is 8.14. The van der Waals surface area contributed by atoms with Crippen molar-refractivity contribution in [1.29, 1.82) is 0 Å². The van der Waals surface area contributed by atoms with E-state index in [0.717, 1.165) is 5.56 Å². The number of hydrogen-bond acceptors (Lipinski definition) is 4. The van der Waals surface area contributed by atoms with Crippen LogP contribution in [0.5, 0.6) is 0 Å². The number of rotatable bonds is 6. The van der Waals surface area contributed by atoms with E-state index in [4.69, 9.17) is 0 Å². The maximum absolute atomic E-state index is 12.9. The van der Waals surface area contributed by atoms with Crippen LogP contribution >= 0.6 is 0 Å². The van der Waals surface area contributed by atoms with Gasteiger partial charge >= 0.3 is 0 Å². The zero-order valence-electron chi connectivity index (χ0n) is 15.8. The van der Waals surface area contributed by atoms with Crippen molar-refractivity contribution in [3.63, 3.8) is 0 Å². The van der Waals surface area contributed by atoms with E-state index in [-0.39, 0.29) is 23.2 Å². The summed E-state index contributed by atoms with van der Waals surface area (Å²) in [7, 11) is 3.96. The van der Waals surface area contributed by atoms with Crippen molar-refractivity contribution in [1.82, 2.24) is 20.0 Å². The largest absolute Gasteiger partial charge is 0.349 e. The first-order valence-electron chi connectivity index (χ1n) is 9.02. The summed E-state index contributed by atoms with van der Waals surface area (Å²) in [4.78, 5) is 27.4. The molecule has 140 valence electrons. The van der Waals surface area contributed by atoms with E-state index in [2.05, 4.69) is 15.3 Å². The lowest BCUT2D eigenvalue weighted by molar-refractivity contribution is 0.0936. The molecule has 0 fully saturated rings. The average Bonchev–Trinajstić information content (AvgIpc) is 2.69. The van der Waals surface area contributed by atoms with Crippen LogP contribution in [0.25, 0.3) is 10.8 Å². The minimum atomic E-state index is -0.281. The fourth-order valence-corrected chi connectivity index (χ4v) is 3.16. The number of aromatic nitrogens is 2. The van der Waals surface area contributed by atoms with Crippen molar-refractivity contribution in [3.05, 3.63) is 76.2 Å². The first-order chi connectivity index (χ1) is 13.0. The fourth-order valence-electron chi connectivity index (χ4n) is 3.16. The number of hydrogen-bond donors (Lipinski definition) is 1. The maximum Gasteiger partial charge on any atom is 0.274 e. The van der Waals surface area contributed by atoms with Crippen LogP contribution in [-0.2, 0) is 6.54 Å². The number of benzene rings is 2. The van der Waals surface area contributed by atoms with Gasteiger partial charge in [0.1, 0.15) is 0 Å². The molecule has 1 atom stereocenters. The molecule has 3 rings (SSSR count). The first-order valence-corrected chi connectivity index (χ1v) is 9.02. The molecule has 1 N–H and O–H groups in total. The van der Waals surface area contributed by atoms with Gasteiger partial charge in [-0.3, -0.25) is 9.59 Å². The Morgan fingerprint density at radius 3 is 2.33 bits per heavy atom. The van der Waals surface area contributed by atoms with Crippen LogP contribution in [0.15, 0.2) is 59.4 Å². The van der Waals surface area contributed by atoms with E-state index >= 15 is 0 Å². The van der Waals surface area contributed by atoms with Crippen molar-refractivity contribution < 1.29 is 4.79 Å². The van der Waals surface area contributed by atoms with Crippen molar-refractivity contribution >= 4 is 16.7 Å². The SMILES string of the molecule is CCn1nc(C(=O)NC[C@H](c2ccccc2)N(C)C)c2ccccc2c1=O. The normalized spacial score (nSPS) is 12.3. The van der Waals surface area contributed by atoms with Crippen LogP contribution < -0.4 is 10.9 Å². The van der Waals surface area contributed by atoms with E-state index in [0.29, 0.717) is 23.9 Å². The molecule has 0 saturated heterocycles. The van der Waals surface area contributed by atoms with E-state index in [1.807, 2.05) is 57.4 Å². The summed E-state index contributed by atoms with van der Waals surface area (Å²) in [6.07, 6.45) is 0. The molecule has 1 aromatic heterocycles. The van der Waals surface area contributed by atoms with E-state index in [1.165, 1.54) is 4.68 Å². The minimum Gasteiger partial charge on any atom is -0.349 e. The summed E-state index contributed by atoms with van der Waals surface area (Å²) >= 11 is 0. The van der Waals surface area contributed by atoms with Crippen molar-refractivity contribution in [2.24, 2.45) is 0 Å². The summed E-state index contributed by atoms with van der Waals surface area (Å²) in [6.45, 7) is 2.69. The standard InChI is InChI=1S/C21H24N4O2/c1-4-25-21(27)17-13-9-8-12-16(17)19(23-25)20(26)22-14-18(24(2)3)15-10-6-5-7-11-15/h5-13,18H,4,14H2,1-3H3,(H,22,26)/t18-/m1/s1. The number of carbonyl (C=O) groups excluding carboxylic acids is 1. The number of nitrogens with zero attached hydrogens (tertiary/aromatic N) is 3. The summed E-state index contributed by atoms with van der Waals surface area (Å²) < 4.78 is 1.33. The number of nitrogens with one attached hydrogen (secondary N) is 1. The smallest absolute Gasteiger partial charge is 0.274 e. The Balaban J connectivity index is 1.90. The highest BCUT2D eigenvalue weighted by Gasteiger charge is 2.19. The topological polar surface area (TPSA) is 67.2 Å². The van der Waals surface area contributed by atoms with E-state index in [9.17, 15) is 9.59 Å². The molecule has 0 bridgehead atoms. The Morgan fingerprint density at radius 2 is 1.70 bits per heavy atom. The molecule has 0 aliphatic rings. The van der Waals surface area contributed by atoms with Gasteiger partial charge in [-0.15, -0.1) is 0 Å². The Bertz CT molecular complexity index is 996. The van der Waals surface area contributed by atoms with Gasteiger partial charge in [-0.05, 0) is 32.6 Å². The van der Waals surface area contributed by atoms with Crippen molar-refractivity contribution in [3.8, 4) is 0 Å². The predicted octanol–water partition coefficient (Wildman–Crippen LogP) is 2.45. The molecule has 6 nitrogen and oxygen atoms in total. The Morgan fingerprint density at radius 1 is 1.07 bits per heavy atom. The summed E-state index contributed by atoms with van der Waals surface area (Å²) in [5.41, 5.74) is 1.22. The minimum absolute atomic E-state index is 0.0403. The monoisotopic (exact) mass is 364 g/mol. The third-order valence-corrected chi connectivity index (χ3v) is 4.65. The third kappa shape index (κ3) is 3.90. The molecule has 0 radical (unpaired) electrons. The molecule has 1 heterocycles. The number of aryl methyl sites for hydroxylation is 1. The van der Waals surface area contributed by atoms with Crippen LogP contribution in [0.1, 0.15) is 29.0 Å². The number of amides is 1. The summed E-state index contributed by atoms with van der Waals surface area (Å²) in [6, 6.07) is 17.2. The second-order valence-electron chi connectivity index (χ2n) is 6.62. The van der Waals surface area contributed by atoms with Crippen LogP contribution in [-0.4, -0.2) is 41.2 Å². The van der Waals surface area contributed by atoms with Gasteiger partial charge in [0.2, 0.25) is 0 Å². The molecular weight excluding hydrogens is 340 g/mol. The van der Waals surface area contributed by atoms with E-state index < -0.39 is 0 Å². The van der Waals surface area contributed by atoms with Gasteiger partial charge in [0, 0.05) is 18.5 Å². The zero-order chi connectivity index (χ0) is 19.4. The van der Waals surface area contributed by atoms with Gasteiger partial charge in [-0.25, -0.2) is 4.68 Å². The van der Waals surface area contributed by atoms with E-state index in [1.54, 1.807) is 18.2 Å². The summed E-state index contributed by atoms with van der Waals surface area (Å²) in [5, 5.41) is 8.36. The Kier molecular flexibility index (Phi) is 5.66. The molecule has 6 heteroatoms. The molecule has 0 aliphatic carbocycles. The van der Waals surface area contributed by atoms with Crippen molar-refractivity contribution in [2.75, 3.05) is 20.6 Å². The van der Waals surface area contributed by atoms with Crippen molar-refractivity contribution in [2.45, 2.75) is 19.5 Å². The second-order valence-corrected chi connectivity index (χ2v) is 6.62. The maximum atomic E-state index is 12.9. The lowest BCUT2D eigenvalue weighted by Crippen LogP contribution is -2.36. The van der Waals surface area contributed by atoms with Crippen LogP contribution in [0, 0.1) is 0 Å². The first kappa shape index (κ1) is 18.8. The lowest BCUT2D eigenvalue weighted by atomic mass is 10.1. The number of carbonyl (C=O) groups is 1. The van der Waals surface area contributed by atoms with Gasteiger partial charge in [0.25, 0.3) is 11.5 Å². The average molecular weight is 364 g/mol. The van der Waals surface area contributed by atoms with Gasteiger partial charge in [0.15, 0.2) is 5.69 Å². The molecule has 0 saturated carbocycles. The molecule has 0 unspecified atom stereocenters. The molecule has 0 aliphatic heterocycles. The fraction of sp³-hybridized carbons (Fsp3) is 0.286. The van der Waals surface area contributed by atoms with Gasteiger partial charge in [-0.1, -0.05) is 48.5 Å². The van der Waals surface area contributed by atoms with Gasteiger partial charge < -0.3 is 10.2 Å². The van der Waals surface area contributed by atoms with Gasteiger partial charge in [-0.2, -0.15) is 5.10 Å². The zero-order valence-corrected chi connectivity index (χ0v) is 15.8. The van der Waals surface area contributed by atoms with Crippen LogP contribution in [0.2, 0.25) is 0 Å². The highest BCUT2D eigenvalue weighted by atomic mass is 16.2. The Hall–Kier alpha value is -2.99. The Labute approximate surface area is 158 Å². The third-order valence-electron chi connectivity index (χ3n) is 4.65. The number of likely N-dealkylation sites (N-methyl/N-ethyl adjacent to an activating group) is 1. The molecule has 2 aromatic carbocycles. The molecule has 1 amide bonds. The van der Waals surface area contributed by atoms with Crippen LogP contribution in [0.3, 0.4) is 0 Å². The summed E-state index contributed by atoms with van der Waals surface area (Å²) in [5.74, 6) is -0.281. The number of fused-ring (bicyclic) bond motifs is 1. The van der Waals surface area contributed by atoms with Gasteiger partial charge in [0.05, 0.1) is 11.4 Å².